The molecule has 0 aliphatic carbocycles. The van der Waals surface area contributed by atoms with Crippen molar-refractivity contribution in [3.8, 4) is 11.4 Å². The van der Waals surface area contributed by atoms with E-state index < -0.39 is 6.04 Å². The molecule has 4 aromatic rings. The minimum Gasteiger partial charge on any atom is -0.496 e. The van der Waals surface area contributed by atoms with E-state index in [-0.39, 0.29) is 6.03 Å². The van der Waals surface area contributed by atoms with Crippen molar-refractivity contribution in [1.29, 1.82) is 0 Å². The zero-order valence-corrected chi connectivity index (χ0v) is 18.3. The summed E-state index contributed by atoms with van der Waals surface area (Å²) >= 11 is 0. The Morgan fingerprint density at radius 2 is 1.91 bits per heavy atom. The molecule has 164 valence electrons. The fourth-order valence-electron chi connectivity index (χ4n) is 3.58. The Labute approximate surface area is 187 Å². The number of aromatic nitrogens is 4. The molecule has 2 aromatic heterocycles. The molecule has 0 saturated carbocycles. The standard InChI is InChI=1S/C24H26N6O2/c1-28-14-13-25-23(28)22(20-11-7-8-12-21(20)32-3)27-24(31)29(2)16-18-15-26-30(17-18)19-9-5-4-6-10-19/h4-15,17,22H,16H2,1-3H3,(H,27,31). The molecule has 32 heavy (non-hydrogen) atoms. The molecule has 1 N–H and O–H groups in total. The Morgan fingerprint density at radius 1 is 1.16 bits per heavy atom. The summed E-state index contributed by atoms with van der Waals surface area (Å²) in [5.41, 5.74) is 2.73. The minimum absolute atomic E-state index is 0.226. The summed E-state index contributed by atoms with van der Waals surface area (Å²) in [4.78, 5) is 19.2. The maximum absolute atomic E-state index is 13.1. The summed E-state index contributed by atoms with van der Waals surface area (Å²) in [5.74, 6) is 1.40. The second-order valence-electron chi connectivity index (χ2n) is 7.51. The van der Waals surface area contributed by atoms with Gasteiger partial charge in [0.2, 0.25) is 0 Å². The van der Waals surface area contributed by atoms with E-state index in [2.05, 4.69) is 15.4 Å². The molecule has 8 heteroatoms. The van der Waals surface area contributed by atoms with Gasteiger partial charge in [0.25, 0.3) is 0 Å². The number of imidazole rings is 1. The molecule has 8 nitrogen and oxygen atoms in total. The minimum atomic E-state index is -0.465. The average Bonchev–Trinajstić information content (AvgIpc) is 3.47. The van der Waals surface area contributed by atoms with Crippen LogP contribution in [0.5, 0.6) is 5.75 Å². The van der Waals surface area contributed by atoms with Gasteiger partial charge in [0.1, 0.15) is 17.6 Å². The number of methoxy groups -OCH3 is 1. The first kappa shape index (κ1) is 21.2. The number of nitrogens with one attached hydrogen (secondary N) is 1. The Balaban J connectivity index is 1.52. The van der Waals surface area contributed by atoms with Crippen LogP contribution in [0.25, 0.3) is 5.69 Å². The number of hydrogen-bond donors (Lipinski definition) is 1. The maximum Gasteiger partial charge on any atom is 0.318 e. The molecule has 0 radical (unpaired) electrons. The van der Waals surface area contributed by atoms with Gasteiger partial charge in [-0.05, 0) is 18.2 Å². The summed E-state index contributed by atoms with van der Waals surface area (Å²) < 4.78 is 9.22. The Morgan fingerprint density at radius 3 is 2.62 bits per heavy atom. The smallest absolute Gasteiger partial charge is 0.318 e. The monoisotopic (exact) mass is 430 g/mol. The molecule has 0 aliphatic heterocycles. The molecule has 0 saturated heterocycles. The topological polar surface area (TPSA) is 77.2 Å². The van der Waals surface area contributed by atoms with Crippen LogP contribution in [0.1, 0.15) is 23.0 Å². The predicted molar refractivity (Wildman–Crippen MR) is 122 cm³/mol. The van der Waals surface area contributed by atoms with E-state index >= 15 is 0 Å². The van der Waals surface area contributed by atoms with E-state index in [1.54, 1.807) is 36.1 Å². The third-order valence-corrected chi connectivity index (χ3v) is 5.26. The number of rotatable bonds is 7. The fraction of sp³-hybridized carbons (Fsp3) is 0.208. The second kappa shape index (κ2) is 9.38. The largest absolute Gasteiger partial charge is 0.496 e. The lowest BCUT2D eigenvalue weighted by atomic mass is 10.0. The van der Waals surface area contributed by atoms with E-state index in [0.717, 1.165) is 16.8 Å². The van der Waals surface area contributed by atoms with Gasteiger partial charge in [-0.2, -0.15) is 5.10 Å². The molecule has 2 heterocycles. The average molecular weight is 431 g/mol. The Hall–Kier alpha value is -4.07. The number of hydrogen-bond acceptors (Lipinski definition) is 4. The summed E-state index contributed by atoms with van der Waals surface area (Å²) in [6.07, 6.45) is 7.26. The normalized spacial score (nSPS) is 11.7. The second-order valence-corrected chi connectivity index (χ2v) is 7.51. The van der Waals surface area contributed by atoms with Crippen LogP contribution in [-0.4, -0.2) is 44.4 Å². The number of amides is 2. The number of benzene rings is 2. The van der Waals surface area contributed by atoms with Gasteiger partial charge in [-0.15, -0.1) is 0 Å². The lowest BCUT2D eigenvalue weighted by Gasteiger charge is -2.24. The summed E-state index contributed by atoms with van der Waals surface area (Å²) in [6.45, 7) is 0.415. The molecule has 4 rings (SSSR count). The first-order valence-electron chi connectivity index (χ1n) is 10.3. The van der Waals surface area contributed by atoms with Crippen LogP contribution in [0, 0.1) is 0 Å². The number of carbonyl (C=O) groups is 1. The van der Waals surface area contributed by atoms with Crippen molar-refractivity contribution in [2.45, 2.75) is 12.6 Å². The third kappa shape index (κ3) is 4.49. The van der Waals surface area contributed by atoms with E-state index in [9.17, 15) is 4.79 Å². The molecule has 0 aliphatic rings. The van der Waals surface area contributed by atoms with E-state index in [4.69, 9.17) is 4.74 Å². The van der Waals surface area contributed by atoms with E-state index in [1.807, 2.05) is 78.6 Å². The van der Waals surface area contributed by atoms with Gasteiger partial charge in [-0.1, -0.05) is 36.4 Å². The zero-order chi connectivity index (χ0) is 22.5. The zero-order valence-electron chi connectivity index (χ0n) is 18.3. The molecule has 1 unspecified atom stereocenters. The van der Waals surface area contributed by atoms with Crippen LogP contribution >= 0.6 is 0 Å². The van der Waals surface area contributed by atoms with E-state index in [1.165, 1.54) is 0 Å². The fourth-order valence-corrected chi connectivity index (χ4v) is 3.58. The van der Waals surface area contributed by atoms with Gasteiger partial charge in [0, 0.05) is 43.8 Å². The highest BCUT2D eigenvalue weighted by Gasteiger charge is 2.25. The van der Waals surface area contributed by atoms with Crippen molar-refractivity contribution in [3.63, 3.8) is 0 Å². The van der Waals surface area contributed by atoms with Crippen LogP contribution in [-0.2, 0) is 13.6 Å². The number of ether oxygens (including phenoxy) is 1. The quantitative estimate of drug-likeness (QED) is 0.487. The molecule has 0 spiro atoms. The SMILES string of the molecule is COc1ccccc1C(NC(=O)N(C)Cc1cnn(-c2ccccc2)c1)c1nccn1C. The molecule has 0 bridgehead atoms. The lowest BCUT2D eigenvalue weighted by molar-refractivity contribution is 0.203. The summed E-state index contributed by atoms with van der Waals surface area (Å²) in [7, 11) is 5.28. The first-order chi connectivity index (χ1) is 15.6. The van der Waals surface area contributed by atoms with Crippen molar-refractivity contribution in [2.75, 3.05) is 14.2 Å². The van der Waals surface area contributed by atoms with E-state index in [0.29, 0.717) is 18.1 Å². The number of carbonyl (C=O) groups excluding carboxylic acids is 1. The number of nitrogens with zero attached hydrogens (tertiary/aromatic N) is 5. The Kier molecular flexibility index (Phi) is 6.21. The van der Waals surface area contributed by atoms with Gasteiger partial charge in [0.15, 0.2) is 0 Å². The van der Waals surface area contributed by atoms with Gasteiger partial charge in [-0.3, -0.25) is 0 Å². The molecular weight excluding hydrogens is 404 g/mol. The van der Waals surface area contributed by atoms with Crippen molar-refractivity contribution in [2.24, 2.45) is 7.05 Å². The molecule has 0 fully saturated rings. The predicted octanol–water partition coefficient (Wildman–Crippen LogP) is 3.55. The Bertz CT molecular complexity index is 1180. The van der Waals surface area contributed by atoms with Crippen molar-refractivity contribution >= 4 is 6.03 Å². The van der Waals surface area contributed by atoms with Gasteiger partial charge in [0.05, 0.1) is 25.5 Å². The van der Waals surface area contributed by atoms with Gasteiger partial charge >= 0.3 is 6.03 Å². The highest BCUT2D eigenvalue weighted by atomic mass is 16.5. The van der Waals surface area contributed by atoms with Crippen molar-refractivity contribution in [1.82, 2.24) is 29.5 Å². The maximum atomic E-state index is 13.1. The van der Waals surface area contributed by atoms with Gasteiger partial charge in [-0.25, -0.2) is 14.5 Å². The molecule has 1 atom stereocenters. The molecular formula is C24H26N6O2. The van der Waals surface area contributed by atoms with Crippen LogP contribution in [0.15, 0.2) is 79.4 Å². The molecule has 2 aromatic carbocycles. The number of para-hydroxylation sites is 2. The third-order valence-electron chi connectivity index (χ3n) is 5.26. The first-order valence-corrected chi connectivity index (χ1v) is 10.3. The summed E-state index contributed by atoms with van der Waals surface area (Å²) in [5, 5.41) is 7.52. The van der Waals surface area contributed by atoms with Crippen LogP contribution < -0.4 is 10.1 Å². The van der Waals surface area contributed by atoms with Crippen molar-refractivity contribution in [3.05, 3.63) is 96.3 Å². The summed E-state index contributed by atoms with van der Waals surface area (Å²) in [6, 6.07) is 16.8. The van der Waals surface area contributed by atoms with Gasteiger partial charge < -0.3 is 19.5 Å². The number of urea groups is 1. The van der Waals surface area contributed by atoms with Crippen LogP contribution in [0.3, 0.4) is 0 Å². The van der Waals surface area contributed by atoms with Crippen molar-refractivity contribution < 1.29 is 9.53 Å². The molecule has 2 amide bonds. The highest BCUT2D eigenvalue weighted by Crippen LogP contribution is 2.29. The number of aryl methyl sites for hydroxylation is 1. The lowest BCUT2D eigenvalue weighted by Crippen LogP contribution is -2.40. The highest BCUT2D eigenvalue weighted by molar-refractivity contribution is 5.75. The van der Waals surface area contributed by atoms with Crippen LogP contribution in [0.2, 0.25) is 0 Å². The van der Waals surface area contributed by atoms with Crippen LogP contribution in [0.4, 0.5) is 4.79 Å².